The number of benzene rings is 2. The van der Waals surface area contributed by atoms with Gasteiger partial charge in [0, 0.05) is 29.7 Å². The van der Waals surface area contributed by atoms with E-state index in [0.29, 0.717) is 12.8 Å². The molecule has 1 aliphatic heterocycles. The molecule has 29 heavy (non-hydrogen) atoms. The van der Waals surface area contributed by atoms with Gasteiger partial charge in [-0.1, -0.05) is 41.9 Å². The van der Waals surface area contributed by atoms with E-state index in [-0.39, 0.29) is 33.6 Å². The van der Waals surface area contributed by atoms with Gasteiger partial charge >= 0.3 is 5.97 Å². The average molecular weight is 437 g/mol. The van der Waals surface area contributed by atoms with Crippen LogP contribution < -0.4 is 4.72 Å². The molecular weight excluding hydrogens is 412 g/mol. The van der Waals surface area contributed by atoms with Crippen LogP contribution in [0.5, 0.6) is 0 Å². The first kappa shape index (κ1) is 21.8. The van der Waals surface area contributed by atoms with E-state index in [1.165, 1.54) is 17.7 Å². The van der Waals surface area contributed by atoms with Gasteiger partial charge in [0.15, 0.2) is 0 Å². The van der Waals surface area contributed by atoms with E-state index >= 15 is 0 Å². The number of carbonyl (C=O) groups is 1. The van der Waals surface area contributed by atoms with Crippen LogP contribution >= 0.6 is 11.6 Å². The Morgan fingerprint density at radius 1 is 1.14 bits per heavy atom. The first-order chi connectivity index (χ1) is 13.7. The summed E-state index contributed by atoms with van der Waals surface area (Å²) < 4.78 is 28.5. The number of halogens is 1. The van der Waals surface area contributed by atoms with Crippen LogP contribution in [0.15, 0.2) is 53.4 Å². The highest BCUT2D eigenvalue weighted by atomic mass is 35.5. The zero-order valence-electron chi connectivity index (χ0n) is 16.4. The fraction of sp³-hybridized carbons (Fsp3) is 0.381. The Morgan fingerprint density at radius 2 is 1.76 bits per heavy atom. The summed E-state index contributed by atoms with van der Waals surface area (Å²) in [5, 5.41) is 9.54. The molecule has 1 fully saturated rings. The van der Waals surface area contributed by atoms with Crippen LogP contribution in [0, 0.1) is 0 Å². The maximum Gasteiger partial charge on any atom is 0.337 e. The number of carboxylic acids is 1. The second-order valence-corrected chi connectivity index (χ2v) is 9.71. The SMILES string of the molecule is C[C@@H]1CC(NS(=O)(=O)c2ccc(Cl)cc2C(=O)O)C[C@H](C)N1Cc1ccccc1. The molecule has 1 unspecified atom stereocenters. The van der Waals surface area contributed by atoms with Crippen LogP contribution in [-0.2, 0) is 16.6 Å². The molecule has 0 saturated carbocycles. The highest BCUT2D eigenvalue weighted by Gasteiger charge is 2.34. The summed E-state index contributed by atoms with van der Waals surface area (Å²) in [7, 11) is -3.98. The monoisotopic (exact) mass is 436 g/mol. The smallest absolute Gasteiger partial charge is 0.337 e. The lowest BCUT2D eigenvalue weighted by Crippen LogP contribution is -2.52. The van der Waals surface area contributed by atoms with Crippen LogP contribution in [0.1, 0.15) is 42.6 Å². The van der Waals surface area contributed by atoms with E-state index in [2.05, 4.69) is 35.6 Å². The van der Waals surface area contributed by atoms with Crippen LogP contribution in [0.2, 0.25) is 5.02 Å². The molecule has 8 heteroatoms. The van der Waals surface area contributed by atoms with E-state index in [1.54, 1.807) is 0 Å². The molecule has 0 bridgehead atoms. The standard InChI is InChI=1S/C21H25ClN2O4S/c1-14-10-18(11-15(2)24(14)13-16-6-4-3-5-7-16)23-29(27,28)20-9-8-17(22)12-19(20)21(25)26/h3-9,12,14-15,18,23H,10-11,13H2,1-2H3,(H,25,26)/t14-,15+,18?. The molecule has 1 heterocycles. The van der Waals surface area contributed by atoms with Gasteiger partial charge in [0.25, 0.3) is 0 Å². The Kier molecular flexibility index (Phi) is 6.63. The molecule has 0 spiro atoms. The molecular formula is C21H25ClN2O4S. The molecule has 0 aromatic heterocycles. The van der Waals surface area contributed by atoms with Gasteiger partial charge in [0.05, 0.1) is 10.5 Å². The lowest BCUT2D eigenvalue weighted by molar-refractivity contribution is 0.0692. The van der Waals surface area contributed by atoms with Gasteiger partial charge in [0.1, 0.15) is 0 Å². The van der Waals surface area contributed by atoms with Gasteiger partial charge in [-0.3, -0.25) is 4.90 Å². The maximum absolute atomic E-state index is 12.9. The van der Waals surface area contributed by atoms with E-state index in [1.807, 2.05) is 18.2 Å². The number of nitrogens with zero attached hydrogens (tertiary/aromatic N) is 1. The molecule has 0 radical (unpaired) electrons. The fourth-order valence-corrected chi connectivity index (χ4v) is 5.63. The lowest BCUT2D eigenvalue weighted by Gasteiger charge is -2.42. The van der Waals surface area contributed by atoms with Crippen molar-refractivity contribution in [1.82, 2.24) is 9.62 Å². The summed E-state index contributed by atoms with van der Waals surface area (Å²) in [5.41, 5.74) is 0.894. The predicted octanol–water partition coefficient (Wildman–Crippen LogP) is 3.76. The zero-order valence-corrected chi connectivity index (χ0v) is 17.9. The van der Waals surface area contributed by atoms with Crippen molar-refractivity contribution in [2.45, 2.75) is 56.3 Å². The maximum atomic E-state index is 12.9. The van der Waals surface area contributed by atoms with Gasteiger partial charge in [-0.05, 0) is 50.5 Å². The molecule has 3 rings (SSSR count). The van der Waals surface area contributed by atoms with Crippen molar-refractivity contribution in [3.8, 4) is 0 Å². The van der Waals surface area contributed by atoms with Crippen molar-refractivity contribution >= 4 is 27.6 Å². The van der Waals surface area contributed by atoms with E-state index in [9.17, 15) is 18.3 Å². The molecule has 156 valence electrons. The van der Waals surface area contributed by atoms with Gasteiger partial charge in [-0.25, -0.2) is 17.9 Å². The van der Waals surface area contributed by atoms with Crippen LogP contribution in [0.4, 0.5) is 0 Å². The van der Waals surface area contributed by atoms with E-state index in [4.69, 9.17) is 11.6 Å². The number of likely N-dealkylation sites (tertiary alicyclic amines) is 1. The number of carboxylic acid groups (broad SMARTS) is 1. The van der Waals surface area contributed by atoms with Crippen LogP contribution in [0.3, 0.4) is 0 Å². The molecule has 2 N–H and O–H groups in total. The van der Waals surface area contributed by atoms with Gasteiger partial charge in [-0.2, -0.15) is 0 Å². The number of sulfonamides is 1. The summed E-state index contributed by atoms with van der Waals surface area (Å²) in [5.74, 6) is -1.33. The molecule has 1 saturated heterocycles. The highest BCUT2D eigenvalue weighted by Crippen LogP contribution is 2.27. The molecule has 0 amide bonds. The Balaban J connectivity index is 1.74. The lowest BCUT2D eigenvalue weighted by atomic mass is 9.93. The number of rotatable bonds is 6. The zero-order chi connectivity index (χ0) is 21.2. The van der Waals surface area contributed by atoms with Gasteiger partial charge in [0.2, 0.25) is 10.0 Å². The molecule has 6 nitrogen and oxygen atoms in total. The normalized spacial score (nSPS) is 23.1. The molecule has 3 atom stereocenters. The number of aromatic carboxylic acids is 1. The van der Waals surface area contributed by atoms with Crippen LogP contribution in [-0.4, -0.2) is 42.5 Å². The van der Waals surface area contributed by atoms with E-state index in [0.717, 1.165) is 12.6 Å². The Labute approximate surface area is 176 Å². The summed E-state index contributed by atoms with van der Waals surface area (Å²) in [6.45, 7) is 4.98. The van der Waals surface area contributed by atoms with Crippen molar-refractivity contribution in [3.05, 3.63) is 64.7 Å². The topological polar surface area (TPSA) is 86.7 Å². The number of piperidine rings is 1. The van der Waals surface area contributed by atoms with Crippen molar-refractivity contribution in [2.75, 3.05) is 0 Å². The predicted molar refractivity (Wildman–Crippen MR) is 113 cm³/mol. The molecule has 1 aliphatic rings. The van der Waals surface area contributed by atoms with Gasteiger partial charge in [-0.15, -0.1) is 0 Å². The van der Waals surface area contributed by atoms with Crippen LogP contribution in [0.25, 0.3) is 0 Å². The highest BCUT2D eigenvalue weighted by molar-refractivity contribution is 7.89. The third-order valence-electron chi connectivity index (χ3n) is 5.37. The summed E-state index contributed by atoms with van der Waals surface area (Å²) in [4.78, 5) is 13.6. The second-order valence-electron chi connectivity index (χ2n) is 7.59. The van der Waals surface area contributed by atoms with Crippen molar-refractivity contribution in [2.24, 2.45) is 0 Å². The second kappa shape index (κ2) is 8.83. The Morgan fingerprint density at radius 3 is 2.34 bits per heavy atom. The summed E-state index contributed by atoms with van der Waals surface area (Å²) >= 11 is 5.84. The molecule has 2 aromatic carbocycles. The van der Waals surface area contributed by atoms with Gasteiger partial charge < -0.3 is 5.11 Å². The number of hydrogen-bond acceptors (Lipinski definition) is 4. The van der Waals surface area contributed by atoms with Crippen molar-refractivity contribution in [3.63, 3.8) is 0 Å². The largest absolute Gasteiger partial charge is 0.478 e. The molecule has 0 aliphatic carbocycles. The fourth-order valence-electron chi connectivity index (χ4n) is 4.01. The quantitative estimate of drug-likeness (QED) is 0.720. The average Bonchev–Trinajstić information content (AvgIpc) is 2.65. The number of nitrogens with one attached hydrogen (secondary N) is 1. The third kappa shape index (κ3) is 5.17. The van der Waals surface area contributed by atoms with E-state index < -0.39 is 16.0 Å². The van der Waals surface area contributed by atoms with Crippen molar-refractivity contribution in [1.29, 1.82) is 0 Å². The minimum Gasteiger partial charge on any atom is -0.478 e. The summed E-state index contributed by atoms with van der Waals surface area (Å²) in [6.07, 6.45) is 1.29. The molecule has 2 aromatic rings. The first-order valence-corrected chi connectivity index (χ1v) is 11.4. The summed E-state index contributed by atoms with van der Waals surface area (Å²) in [6, 6.07) is 14.0. The Hall–Kier alpha value is -1.93. The third-order valence-corrected chi connectivity index (χ3v) is 7.19. The number of hydrogen-bond donors (Lipinski definition) is 2. The minimum atomic E-state index is -3.98. The minimum absolute atomic E-state index is 0.177. The van der Waals surface area contributed by atoms with Crippen molar-refractivity contribution < 1.29 is 18.3 Å². The Bertz CT molecular complexity index is 969. The first-order valence-electron chi connectivity index (χ1n) is 9.52.